The van der Waals surface area contributed by atoms with Crippen molar-refractivity contribution in [2.75, 3.05) is 6.54 Å². The van der Waals surface area contributed by atoms with Gasteiger partial charge in [0.2, 0.25) is 0 Å². The van der Waals surface area contributed by atoms with Crippen molar-refractivity contribution in [3.63, 3.8) is 0 Å². The van der Waals surface area contributed by atoms with Crippen LogP contribution in [0.2, 0.25) is 0 Å². The smallest absolute Gasteiger partial charge is 0.411 e. The van der Waals surface area contributed by atoms with E-state index in [2.05, 4.69) is 0 Å². The summed E-state index contributed by atoms with van der Waals surface area (Å²) in [7, 11) is 0. The zero-order valence-electron chi connectivity index (χ0n) is 17.1. The largest absolute Gasteiger partial charge is 0.458 e. The molecule has 0 aliphatic carbocycles. The summed E-state index contributed by atoms with van der Waals surface area (Å²) in [6.45, 7) is 10.7. The maximum absolute atomic E-state index is 12.9. The minimum absolute atomic E-state index is 0.0380. The number of carbonyl (C=O) groups is 2. The number of carbonyl (C=O) groups excluding carboxylic acids is 2. The molecule has 1 amide bonds. The Balaban J connectivity index is 2.30. The molecule has 0 radical (unpaired) electrons. The predicted octanol–water partition coefficient (Wildman–Crippen LogP) is 3.17. The third kappa shape index (κ3) is 5.96. The second-order valence-corrected chi connectivity index (χ2v) is 9.03. The first kappa shape index (κ1) is 21.2. The van der Waals surface area contributed by atoms with Crippen LogP contribution in [0.1, 0.15) is 47.1 Å². The van der Waals surface area contributed by atoms with E-state index in [-0.39, 0.29) is 6.54 Å². The molecule has 1 aliphatic heterocycles. The molecule has 1 fully saturated rings. The lowest BCUT2D eigenvalue weighted by Gasteiger charge is -2.31. The molecule has 1 N–H and O–H groups in total. The summed E-state index contributed by atoms with van der Waals surface area (Å²) in [5.41, 5.74) is -0.402. The molecule has 150 valence electrons. The van der Waals surface area contributed by atoms with Gasteiger partial charge in [0, 0.05) is 5.92 Å². The fourth-order valence-corrected chi connectivity index (χ4v) is 3.20. The van der Waals surface area contributed by atoms with Gasteiger partial charge in [0.25, 0.3) is 0 Å². The Morgan fingerprint density at radius 3 is 2.11 bits per heavy atom. The van der Waals surface area contributed by atoms with Crippen molar-refractivity contribution >= 4 is 12.1 Å². The van der Waals surface area contributed by atoms with Crippen LogP contribution in [0, 0.1) is 5.92 Å². The highest BCUT2D eigenvalue weighted by atomic mass is 16.6. The van der Waals surface area contributed by atoms with E-state index >= 15 is 0 Å². The molecule has 1 aromatic rings. The fourth-order valence-electron chi connectivity index (χ4n) is 3.20. The normalized spacial score (nSPS) is 23.2. The van der Waals surface area contributed by atoms with Gasteiger partial charge in [-0.25, -0.2) is 9.59 Å². The summed E-state index contributed by atoms with van der Waals surface area (Å²) in [4.78, 5) is 26.9. The fraction of sp³-hybridized carbons (Fsp3) is 0.619. The number of amides is 1. The second-order valence-electron chi connectivity index (χ2n) is 9.03. The summed E-state index contributed by atoms with van der Waals surface area (Å²) in [6.07, 6.45) is -0.992. The van der Waals surface area contributed by atoms with Gasteiger partial charge in [-0.1, -0.05) is 30.3 Å². The van der Waals surface area contributed by atoms with E-state index in [1.807, 2.05) is 30.3 Å². The van der Waals surface area contributed by atoms with Crippen LogP contribution in [-0.4, -0.2) is 52.0 Å². The summed E-state index contributed by atoms with van der Waals surface area (Å²) >= 11 is 0. The van der Waals surface area contributed by atoms with Crippen molar-refractivity contribution in [3.8, 4) is 0 Å². The Morgan fingerprint density at radius 2 is 1.59 bits per heavy atom. The maximum Gasteiger partial charge on any atom is 0.411 e. The summed E-state index contributed by atoms with van der Waals surface area (Å²) < 4.78 is 11.0. The standard InChI is InChI=1S/C21H31NO5/c1-20(2,3)26-18(24)17-15(12-14-10-8-7-9-11-14)16(23)13-22(17)19(25)27-21(4,5)6/h7-11,15-17,23H,12-13H2,1-6H3/t15-,16-,17+/m1/s1. The van der Waals surface area contributed by atoms with Gasteiger partial charge in [0.1, 0.15) is 17.2 Å². The average molecular weight is 377 g/mol. The van der Waals surface area contributed by atoms with Crippen molar-refractivity contribution in [2.45, 2.75) is 71.3 Å². The molecule has 1 heterocycles. The number of aliphatic hydroxyl groups is 1. The lowest BCUT2D eigenvalue weighted by atomic mass is 9.90. The zero-order chi connectivity index (χ0) is 20.4. The number of esters is 1. The Kier molecular flexibility index (Phi) is 6.20. The topological polar surface area (TPSA) is 76.1 Å². The van der Waals surface area contributed by atoms with Gasteiger partial charge in [-0.3, -0.25) is 4.90 Å². The van der Waals surface area contributed by atoms with E-state index in [4.69, 9.17) is 9.47 Å². The van der Waals surface area contributed by atoms with Crippen LogP contribution in [0.5, 0.6) is 0 Å². The Hall–Kier alpha value is -2.08. The summed E-state index contributed by atoms with van der Waals surface area (Å²) in [5, 5.41) is 10.6. The predicted molar refractivity (Wildman–Crippen MR) is 102 cm³/mol. The van der Waals surface area contributed by atoms with E-state index in [0.717, 1.165) is 5.56 Å². The maximum atomic E-state index is 12.9. The quantitative estimate of drug-likeness (QED) is 0.819. The molecular formula is C21H31NO5. The molecule has 0 bridgehead atoms. The Morgan fingerprint density at radius 1 is 1.04 bits per heavy atom. The summed E-state index contributed by atoms with van der Waals surface area (Å²) in [6, 6.07) is 8.71. The molecule has 0 spiro atoms. The third-order valence-corrected chi connectivity index (χ3v) is 4.21. The lowest BCUT2D eigenvalue weighted by Crippen LogP contribution is -2.48. The highest BCUT2D eigenvalue weighted by Gasteiger charge is 2.49. The van der Waals surface area contributed by atoms with Crippen molar-refractivity contribution in [3.05, 3.63) is 35.9 Å². The lowest BCUT2D eigenvalue weighted by molar-refractivity contribution is -0.161. The van der Waals surface area contributed by atoms with Gasteiger partial charge in [0.15, 0.2) is 0 Å². The van der Waals surface area contributed by atoms with Gasteiger partial charge >= 0.3 is 12.1 Å². The van der Waals surface area contributed by atoms with Crippen LogP contribution in [0.25, 0.3) is 0 Å². The van der Waals surface area contributed by atoms with Crippen molar-refractivity contribution in [2.24, 2.45) is 5.92 Å². The molecule has 1 saturated heterocycles. The van der Waals surface area contributed by atoms with Crippen molar-refractivity contribution < 1.29 is 24.2 Å². The van der Waals surface area contributed by atoms with E-state index in [1.165, 1.54) is 4.90 Å². The molecule has 1 aliphatic rings. The number of rotatable bonds is 3. The first-order valence-corrected chi connectivity index (χ1v) is 9.32. The van der Waals surface area contributed by atoms with Crippen LogP contribution >= 0.6 is 0 Å². The molecule has 27 heavy (non-hydrogen) atoms. The van der Waals surface area contributed by atoms with E-state index in [9.17, 15) is 14.7 Å². The molecule has 2 rings (SSSR count). The number of hydrogen-bond acceptors (Lipinski definition) is 5. The molecule has 0 unspecified atom stereocenters. The van der Waals surface area contributed by atoms with Crippen LogP contribution in [0.15, 0.2) is 30.3 Å². The highest BCUT2D eigenvalue weighted by Crippen LogP contribution is 2.31. The Bertz CT molecular complexity index is 659. The van der Waals surface area contributed by atoms with Crippen molar-refractivity contribution in [1.29, 1.82) is 0 Å². The molecule has 6 nitrogen and oxygen atoms in total. The molecule has 6 heteroatoms. The first-order chi connectivity index (χ1) is 12.4. The van der Waals surface area contributed by atoms with Gasteiger partial charge in [0.05, 0.1) is 12.6 Å². The highest BCUT2D eigenvalue weighted by molar-refractivity contribution is 5.83. The van der Waals surface area contributed by atoms with E-state index in [1.54, 1.807) is 41.5 Å². The van der Waals surface area contributed by atoms with Gasteiger partial charge in [-0.05, 0) is 53.5 Å². The van der Waals surface area contributed by atoms with Gasteiger partial charge < -0.3 is 14.6 Å². The third-order valence-electron chi connectivity index (χ3n) is 4.21. The first-order valence-electron chi connectivity index (χ1n) is 9.32. The van der Waals surface area contributed by atoms with Gasteiger partial charge in [-0.2, -0.15) is 0 Å². The van der Waals surface area contributed by atoms with E-state index in [0.29, 0.717) is 6.42 Å². The van der Waals surface area contributed by atoms with E-state index < -0.39 is 41.3 Å². The average Bonchev–Trinajstić information content (AvgIpc) is 2.82. The number of benzene rings is 1. The van der Waals surface area contributed by atoms with Crippen LogP contribution in [-0.2, 0) is 20.7 Å². The number of ether oxygens (including phenoxy) is 2. The molecule has 0 aromatic heterocycles. The minimum Gasteiger partial charge on any atom is -0.458 e. The number of likely N-dealkylation sites (tertiary alicyclic amines) is 1. The zero-order valence-corrected chi connectivity index (χ0v) is 17.1. The molecular weight excluding hydrogens is 346 g/mol. The molecule has 0 saturated carbocycles. The monoisotopic (exact) mass is 377 g/mol. The number of nitrogens with zero attached hydrogens (tertiary/aromatic N) is 1. The van der Waals surface area contributed by atoms with Crippen LogP contribution in [0.3, 0.4) is 0 Å². The second kappa shape index (κ2) is 7.89. The molecule has 3 atom stereocenters. The number of β-amino-alcohol motifs (C(OH)–C–C–N with tert-alkyl or cyclic N) is 1. The van der Waals surface area contributed by atoms with Crippen LogP contribution < -0.4 is 0 Å². The summed E-state index contributed by atoms with van der Waals surface area (Å²) in [5.74, 6) is -0.986. The molecule has 1 aromatic carbocycles. The number of aliphatic hydroxyl groups excluding tert-OH is 1. The van der Waals surface area contributed by atoms with Gasteiger partial charge in [-0.15, -0.1) is 0 Å². The van der Waals surface area contributed by atoms with Crippen molar-refractivity contribution in [1.82, 2.24) is 4.90 Å². The Labute approximate surface area is 161 Å². The number of hydrogen-bond donors (Lipinski definition) is 1. The minimum atomic E-state index is -0.894. The SMILES string of the molecule is CC(C)(C)OC(=O)[C@@H]1[C@H](Cc2ccccc2)[C@H](O)CN1C(=O)OC(C)(C)C. The van der Waals surface area contributed by atoms with Crippen LogP contribution in [0.4, 0.5) is 4.79 Å².